The molecule has 0 saturated carbocycles. The molecule has 138 valence electrons. The number of allylic oxidation sites excluding steroid dienone is 2. The van der Waals surface area contributed by atoms with Crippen LogP contribution in [0.2, 0.25) is 0 Å². The summed E-state index contributed by atoms with van der Waals surface area (Å²) in [4.78, 5) is 2.59. The number of nitrogens with zero attached hydrogens (tertiary/aromatic N) is 1. The van der Waals surface area contributed by atoms with E-state index in [9.17, 15) is 0 Å². The highest BCUT2D eigenvalue weighted by atomic mass is 15.1. The van der Waals surface area contributed by atoms with E-state index in [2.05, 4.69) is 66.6 Å². The first-order valence-corrected chi connectivity index (χ1v) is 9.86. The number of aryl methyl sites for hydroxylation is 1. The van der Waals surface area contributed by atoms with Gasteiger partial charge in [-0.2, -0.15) is 0 Å². The molecule has 1 heterocycles. The Labute approximate surface area is 160 Å². The van der Waals surface area contributed by atoms with Gasteiger partial charge in [0.15, 0.2) is 0 Å². The second-order valence-electron chi connectivity index (χ2n) is 6.93. The van der Waals surface area contributed by atoms with Crippen molar-refractivity contribution < 1.29 is 0 Å². The standard InChI is InChI=1S/C22H27N.C3H6/c1-2-3-11-20-12-5-6-14-22(20)21-13-9-10-19(17-21)18-23-15-7-4-8-16-23;1-3-2/h2,5-6,9-10,12-14,17H,1,3-4,7-8,11,15-16,18H2;3H,1H2,2H3. The molecule has 0 bridgehead atoms. The molecule has 1 fully saturated rings. The quantitative estimate of drug-likeness (QED) is 0.529. The second-order valence-corrected chi connectivity index (χ2v) is 6.93. The average molecular weight is 348 g/mol. The first kappa shape index (κ1) is 20.2. The van der Waals surface area contributed by atoms with Gasteiger partial charge >= 0.3 is 0 Å². The predicted molar refractivity (Wildman–Crippen MR) is 115 cm³/mol. The molecule has 0 spiro atoms. The number of rotatable bonds is 6. The Kier molecular flexibility index (Phi) is 8.92. The lowest BCUT2D eigenvalue weighted by Crippen LogP contribution is -2.29. The lowest BCUT2D eigenvalue weighted by molar-refractivity contribution is 0.221. The van der Waals surface area contributed by atoms with Crippen molar-refractivity contribution in [3.05, 3.63) is 85.0 Å². The third-order valence-electron chi connectivity index (χ3n) is 4.73. The summed E-state index contributed by atoms with van der Waals surface area (Å²) in [6.45, 7) is 12.7. The summed E-state index contributed by atoms with van der Waals surface area (Å²) in [5.41, 5.74) is 5.57. The van der Waals surface area contributed by atoms with Crippen LogP contribution in [0.4, 0.5) is 0 Å². The van der Waals surface area contributed by atoms with E-state index in [4.69, 9.17) is 0 Å². The SMILES string of the molecule is C=CC.C=CCCc1ccccc1-c1cccc(CN2CCCCC2)c1. The first-order valence-electron chi connectivity index (χ1n) is 9.86. The van der Waals surface area contributed by atoms with Crippen LogP contribution in [0.15, 0.2) is 73.8 Å². The van der Waals surface area contributed by atoms with Gasteiger partial charge in [0.1, 0.15) is 0 Å². The van der Waals surface area contributed by atoms with Crippen LogP contribution in [-0.4, -0.2) is 18.0 Å². The van der Waals surface area contributed by atoms with Gasteiger partial charge in [0.05, 0.1) is 0 Å². The molecule has 1 heteroatoms. The first-order chi connectivity index (χ1) is 12.8. The summed E-state index contributed by atoms with van der Waals surface area (Å²) < 4.78 is 0. The monoisotopic (exact) mass is 347 g/mol. The van der Waals surface area contributed by atoms with Crippen molar-refractivity contribution in [2.75, 3.05) is 13.1 Å². The van der Waals surface area contributed by atoms with Crippen LogP contribution in [0.5, 0.6) is 0 Å². The van der Waals surface area contributed by atoms with Crippen LogP contribution >= 0.6 is 0 Å². The maximum absolute atomic E-state index is 3.85. The predicted octanol–water partition coefficient (Wildman–Crippen LogP) is 6.65. The molecule has 2 aromatic carbocycles. The zero-order chi connectivity index (χ0) is 18.6. The number of hydrogen-bond acceptors (Lipinski definition) is 1. The van der Waals surface area contributed by atoms with E-state index in [1.165, 1.54) is 54.6 Å². The molecule has 2 aromatic rings. The van der Waals surface area contributed by atoms with Crippen LogP contribution in [-0.2, 0) is 13.0 Å². The van der Waals surface area contributed by atoms with Crippen LogP contribution < -0.4 is 0 Å². The Morgan fingerprint density at radius 1 is 0.962 bits per heavy atom. The maximum Gasteiger partial charge on any atom is 0.0233 e. The summed E-state index contributed by atoms with van der Waals surface area (Å²) in [7, 11) is 0. The zero-order valence-electron chi connectivity index (χ0n) is 16.3. The van der Waals surface area contributed by atoms with Crippen molar-refractivity contribution in [1.82, 2.24) is 4.90 Å². The van der Waals surface area contributed by atoms with Crippen molar-refractivity contribution in [3.63, 3.8) is 0 Å². The van der Waals surface area contributed by atoms with E-state index < -0.39 is 0 Å². The Hall–Kier alpha value is -2.12. The second kappa shape index (κ2) is 11.5. The molecule has 0 radical (unpaired) electrons. The Morgan fingerprint density at radius 3 is 2.42 bits per heavy atom. The Balaban J connectivity index is 0.000000758. The highest BCUT2D eigenvalue weighted by Gasteiger charge is 2.11. The molecule has 1 nitrogen and oxygen atoms in total. The molecule has 26 heavy (non-hydrogen) atoms. The molecule has 3 rings (SSSR count). The van der Waals surface area contributed by atoms with Crippen molar-refractivity contribution >= 4 is 0 Å². The van der Waals surface area contributed by atoms with Crippen molar-refractivity contribution in [2.24, 2.45) is 0 Å². The maximum atomic E-state index is 3.85. The smallest absolute Gasteiger partial charge is 0.0233 e. The summed E-state index contributed by atoms with van der Waals surface area (Å²) >= 11 is 0. The number of hydrogen-bond donors (Lipinski definition) is 0. The zero-order valence-corrected chi connectivity index (χ0v) is 16.3. The molecule has 0 amide bonds. The molecular weight excluding hydrogens is 314 g/mol. The minimum Gasteiger partial charge on any atom is -0.299 e. The fraction of sp³-hybridized carbons (Fsp3) is 0.360. The lowest BCUT2D eigenvalue weighted by Gasteiger charge is -2.26. The van der Waals surface area contributed by atoms with Gasteiger partial charge in [0.2, 0.25) is 0 Å². The lowest BCUT2D eigenvalue weighted by atomic mass is 9.95. The van der Waals surface area contributed by atoms with Gasteiger partial charge in [-0.1, -0.05) is 61.0 Å². The third-order valence-corrected chi connectivity index (χ3v) is 4.73. The molecule has 0 N–H and O–H groups in total. The number of benzene rings is 2. The van der Waals surface area contributed by atoms with Gasteiger partial charge in [-0.15, -0.1) is 13.2 Å². The minimum absolute atomic E-state index is 1.03. The van der Waals surface area contributed by atoms with Gasteiger partial charge in [-0.25, -0.2) is 0 Å². The molecular formula is C25H33N. The van der Waals surface area contributed by atoms with Gasteiger partial charge in [0, 0.05) is 6.54 Å². The largest absolute Gasteiger partial charge is 0.299 e. The highest BCUT2D eigenvalue weighted by Crippen LogP contribution is 2.26. The van der Waals surface area contributed by atoms with Gasteiger partial charge in [-0.05, 0) is 74.0 Å². The van der Waals surface area contributed by atoms with Crippen molar-refractivity contribution in [2.45, 2.75) is 45.6 Å². The molecule has 0 aromatic heterocycles. The number of piperidine rings is 1. The number of likely N-dealkylation sites (tertiary alicyclic amines) is 1. The van der Waals surface area contributed by atoms with Crippen LogP contribution in [0.3, 0.4) is 0 Å². The molecule has 1 aliphatic rings. The molecule has 0 atom stereocenters. The summed E-state index contributed by atoms with van der Waals surface area (Å²) in [5.74, 6) is 0. The van der Waals surface area contributed by atoms with Gasteiger partial charge in [0.25, 0.3) is 0 Å². The summed E-state index contributed by atoms with van der Waals surface area (Å²) in [6, 6.07) is 17.9. The molecule has 0 aliphatic carbocycles. The average Bonchev–Trinajstić information content (AvgIpc) is 2.68. The van der Waals surface area contributed by atoms with Crippen LogP contribution in [0, 0.1) is 0 Å². The topological polar surface area (TPSA) is 3.24 Å². The molecule has 1 saturated heterocycles. The fourth-order valence-electron chi connectivity index (χ4n) is 3.49. The van der Waals surface area contributed by atoms with Gasteiger partial charge in [-0.3, -0.25) is 4.90 Å². The van der Waals surface area contributed by atoms with Gasteiger partial charge < -0.3 is 0 Å². The van der Waals surface area contributed by atoms with Crippen LogP contribution in [0.1, 0.15) is 43.7 Å². The van der Waals surface area contributed by atoms with E-state index in [1.807, 2.05) is 13.0 Å². The van der Waals surface area contributed by atoms with E-state index in [-0.39, 0.29) is 0 Å². The highest BCUT2D eigenvalue weighted by molar-refractivity contribution is 5.68. The molecule has 1 aliphatic heterocycles. The van der Waals surface area contributed by atoms with E-state index in [1.54, 1.807) is 6.08 Å². The molecule has 0 unspecified atom stereocenters. The summed E-state index contributed by atoms with van der Waals surface area (Å²) in [6.07, 6.45) is 9.95. The Morgan fingerprint density at radius 2 is 1.69 bits per heavy atom. The Bertz CT molecular complexity index is 680. The van der Waals surface area contributed by atoms with Crippen molar-refractivity contribution in [3.8, 4) is 11.1 Å². The van der Waals surface area contributed by atoms with Crippen LogP contribution in [0.25, 0.3) is 11.1 Å². The third kappa shape index (κ3) is 6.31. The fourth-order valence-corrected chi connectivity index (χ4v) is 3.49. The van der Waals surface area contributed by atoms with Crippen molar-refractivity contribution in [1.29, 1.82) is 0 Å². The van der Waals surface area contributed by atoms with E-state index in [0.29, 0.717) is 0 Å². The van der Waals surface area contributed by atoms with E-state index in [0.717, 1.165) is 19.4 Å². The summed E-state index contributed by atoms with van der Waals surface area (Å²) in [5, 5.41) is 0. The normalized spacial score (nSPS) is 14.2. The van der Waals surface area contributed by atoms with E-state index >= 15 is 0 Å². The minimum atomic E-state index is 1.03.